The number of ether oxygens (including phenoxy) is 1. The van der Waals surface area contributed by atoms with E-state index >= 15 is 0 Å². The fourth-order valence-electron chi connectivity index (χ4n) is 1.76. The van der Waals surface area contributed by atoms with E-state index < -0.39 is 11.9 Å². The highest BCUT2D eigenvalue weighted by Crippen LogP contribution is 2.23. The first kappa shape index (κ1) is 14.5. The highest BCUT2D eigenvalue weighted by molar-refractivity contribution is 6.31. The molecule has 0 amide bonds. The molecular weight excluding hydrogens is 297 g/mol. The van der Waals surface area contributed by atoms with Crippen molar-refractivity contribution in [3.05, 3.63) is 45.3 Å². The second-order valence-corrected chi connectivity index (χ2v) is 4.46. The first-order chi connectivity index (χ1) is 9.20. The van der Waals surface area contributed by atoms with Crippen LogP contribution < -0.4 is 10.3 Å². The van der Waals surface area contributed by atoms with Gasteiger partial charge in [-0.1, -0.05) is 11.6 Å². The average Bonchev–Trinajstić information content (AvgIpc) is 2.54. The van der Waals surface area contributed by atoms with Gasteiger partial charge in [-0.05, 0) is 31.2 Å². The normalized spacial score (nSPS) is 11.7. The number of aromatic nitrogens is 2. The molecule has 108 valence electrons. The number of alkyl halides is 3. The smallest absolute Gasteiger partial charge is 0.406 e. The lowest BCUT2D eigenvalue weighted by molar-refractivity contribution is -0.274. The summed E-state index contributed by atoms with van der Waals surface area (Å²) in [6, 6.07) is 4.95. The molecule has 0 fully saturated rings. The van der Waals surface area contributed by atoms with Gasteiger partial charge < -0.3 is 4.74 Å². The molecule has 1 aromatic carbocycles. The van der Waals surface area contributed by atoms with Crippen LogP contribution in [0.25, 0.3) is 5.69 Å². The third kappa shape index (κ3) is 2.67. The lowest BCUT2D eigenvalue weighted by Gasteiger charge is -2.11. The monoisotopic (exact) mass is 306 g/mol. The SMILES string of the molecule is Cc1c(Cl)c(=O)n(-c2ccc(OC(F)(F)F)cc2)n1C. The topological polar surface area (TPSA) is 36.2 Å². The second-order valence-electron chi connectivity index (χ2n) is 4.08. The van der Waals surface area contributed by atoms with E-state index in [9.17, 15) is 18.0 Å². The van der Waals surface area contributed by atoms with Crippen LogP contribution in [0.1, 0.15) is 5.69 Å². The van der Waals surface area contributed by atoms with Crippen molar-refractivity contribution in [2.24, 2.45) is 7.05 Å². The molecular formula is C12H10ClF3N2O2. The molecule has 8 heteroatoms. The molecule has 0 radical (unpaired) electrons. The Morgan fingerprint density at radius 2 is 1.75 bits per heavy atom. The van der Waals surface area contributed by atoms with Gasteiger partial charge >= 0.3 is 6.36 Å². The maximum atomic E-state index is 12.1. The maximum absolute atomic E-state index is 12.1. The van der Waals surface area contributed by atoms with E-state index in [2.05, 4.69) is 4.74 Å². The quantitative estimate of drug-likeness (QED) is 0.855. The van der Waals surface area contributed by atoms with Gasteiger partial charge in [-0.2, -0.15) is 0 Å². The highest BCUT2D eigenvalue weighted by atomic mass is 35.5. The van der Waals surface area contributed by atoms with Gasteiger partial charge in [-0.25, -0.2) is 4.68 Å². The van der Waals surface area contributed by atoms with Gasteiger partial charge in [0.1, 0.15) is 10.8 Å². The van der Waals surface area contributed by atoms with Crippen LogP contribution in [-0.4, -0.2) is 15.7 Å². The Morgan fingerprint density at radius 3 is 2.15 bits per heavy atom. The van der Waals surface area contributed by atoms with Gasteiger partial charge in [0.2, 0.25) is 0 Å². The molecule has 1 aromatic heterocycles. The van der Waals surface area contributed by atoms with Gasteiger partial charge in [-0.3, -0.25) is 9.48 Å². The van der Waals surface area contributed by atoms with Crippen LogP contribution >= 0.6 is 11.6 Å². The summed E-state index contributed by atoms with van der Waals surface area (Å²) in [6.07, 6.45) is -4.75. The Balaban J connectivity index is 2.41. The van der Waals surface area contributed by atoms with Crippen molar-refractivity contribution in [3.63, 3.8) is 0 Å². The second kappa shape index (κ2) is 4.90. The minimum absolute atomic E-state index is 0.0723. The number of hydrogen-bond acceptors (Lipinski definition) is 2. The van der Waals surface area contributed by atoms with Crippen molar-refractivity contribution in [2.45, 2.75) is 13.3 Å². The largest absolute Gasteiger partial charge is 0.573 e. The Kier molecular flexibility index (Phi) is 3.56. The minimum atomic E-state index is -4.75. The van der Waals surface area contributed by atoms with E-state index in [1.165, 1.54) is 21.5 Å². The summed E-state index contributed by atoms with van der Waals surface area (Å²) >= 11 is 5.84. The molecule has 4 nitrogen and oxygen atoms in total. The molecule has 0 aliphatic carbocycles. The molecule has 0 aliphatic heterocycles. The van der Waals surface area contributed by atoms with Gasteiger partial charge in [-0.15, -0.1) is 13.2 Å². The molecule has 0 saturated heterocycles. The van der Waals surface area contributed by atoms with Crippen LogP contribution in [0.2, 0.25) is 5.02 Å². The molecule has 20 heavy (non-hydrogen) atoms. The van der Waals surface area contributed by atoms with E-state index in [4.69, 9.17) is 11.6 Å². The molecule has 0 spiro atoms. The third-order valence-corrected chi connectivity index (χ3v) is 3.23. The first-order valence-corrected chi connectivity index (χ1v) is 5.89. The summed E-state index contributed by atoms with van der Waals surface area (Å²) < 4.78 is 42.7. The van der Waals surface area contributed by atoms with Crippen LogP contribution in [0, 0.1) is 6.92 Å². The van der Waals surface area contributed by atoms with Crippen LogP contribution in [-0.2, 0) is 7.05 Å². The van der Waals surface area contributed by atoms with E-state index in [1.807, 2.05) is 0 Å². The van der Waals surface area contributed by atoms with Crippen molar-refractivity contribution < 1.29 is 17.9 Å². The molecule has 0 unspecified atom stereocenters. The maximum Gasteiger partial charge on any atom is 0.573 e. The first-order valence-electron chi connectivity index (χ1n) is 5.51. The van der Waals surface area contributed by atoms with Gasteiger partial charge in [0, 0.05) is 7.05 Å². The molecule has 2 rings (SSSR count). The van der Waals surface area contributed by atoms with E-state index in [0.29, 0.717) is 11.4 Å². The lowest BCUT2D eigenvalue weighted by atomic mass is 10.3. The zero-order chi connectivity index (χ0) is 15.1. The zero-order valence-electron chi connectivity index (χ0n) is 10.5. The van der Waals surface area contributed by atoms with E-state index in [-0.39, 0.29) is 10.8 Å². The molecule has 0 aliphatic rings. The Bertz CT molecular complexity index is 686. The summed E-state index contributed by atoms with van der Waals surface area (Å²) in [5.74, 6) is -0.355. The molecule has 0 saturated carbocycles. The molecule has 1 heterocycles. The van der Waals surface area contributed by atoms with Crippen molar-refractivity contribution in [1.82, 2.24) is 9.36 Å². The average molecular weight is 307 g/mol. The predicted octanol–water partition coefficient (Wildman–Crippen LogP) is 3.04. The summed E-state index contributed by atoms with van der Waals surface area (Å²) in [5.41, 5.74) is 0.519. The molecule has 0 atom stereocenters. The van der Waals surface area contributed by atoms with Crippen LogP contribution in [0.4, 0.5) is 13.2 Å². The number of rotatable bonds is 2. The summed E-state index contributed by atoms with van der Waals surface area (Å²) in [4.78, 5) is 11.9. The van der Waals surface area contributed by atoms with E-state index in [0.717, 1.165) is 12.1 Å². The third-order valence-electron chi connectivity index (χ3n) is 2.80. The van der Waals surface area contributed by atoms with Gasteiger partial charge in [0.05, 0.1) is 11.4 Å². The van der Waals surface area contributed by atoms with Crippen LogP contribution in [0.5, 0.6) is 5.75 Å². The van der Waals surface area contributed by atoms with Crippen molar-refractivity contribution in [3.8, 4) is 11.4 Å². The Labute approximate surface area is 116 Å². The fraction of sp³-hybridized carbons (Fsp3) is 0.250. The molecule has 2 aromatic rings. The summed E-state index contributed by atoms with van der Waals surface area (Å²) in [7, 11) is 1.63. The molecule has 0 bridgehead atoms. The highest BCUT2D eigenvalue weighted by Gasteiger charge is 2.31. The number of halogens is 4. The number of benzene rings is 1. The van der Waals surface area contributed by atoms with Crippen molar-refractivity contribution in [1.29, 1.82) is 0 Å². The lowest BCUT2D eigenvalue weighted by Crippen LogP contribution is -2.20. The Hall–Kier alpha value is -1.89. The predicted molar refractivity (Wildman–Crippen MR) is 67.4 cm³/mol. The zero-order valence-corrected chi connectivity index (χ0v) is 11.3. The Morgan fingerprint density at radius 1 is 1.20 bits per heavy atom. The van der Waals surface area contributed by atoms with Crippen LogP contribution in [0.3, 0.4) is 0 Å². The van der Waals surface area contributed by atoms with Crippen molar-refractivity contribution in [2.75, 3.05) is 0 Å². The van der Waals surface area contributed by atoms with Crippen molar-refractivity contribution >= 4 is 11.6 Å². The standard InChI is InChI=1S/C12H10ClF3N2O2/c1-7-10(13)11(19)18(17(7)2)8-3-5-9(6-4-8)20-12(14,15)16/h3-6H,1-2H3. The van der Waals surface area contributed by atoms with E-state index in [1.54, 1.807) is 14.0 Å². The van der Waals surface area contributed by atoms with Crippen LogP contribution in [0.15, 0.2) is 29.1 Å². The van der Waals surface area contributed by atoms with Gasteiger partial charge in [0.15, 0.2) is 0 Å². The molecule has 0 N–H and O–H groups in total. The summed E-state index contributed by atoms with van der Waals surface area (Å²) in [6.45, 7) is 1.67. The fourth-order valence-corrected chi connectivity index (χ4v) is 1.96. The van der Waals surface area contributed by atoms with Gasteiger partial charge in [0.25, 0.3) is 5.56 Å². The summed E-state index contributed by atoms with van der Waals surface area (Å²) in [5, 5.41) is 0.0723. The minimum Gasteiger partial charge on any atom is -0.406 e. The number of nitrogens with zero attached hydrogens (tertiary/aromatic N) is 2. The number of hydrogen-bond donors (Lipinski definition) is 0.